The molecule has 2 N–H and O–H groups in total. The molecule has 1 aromatic heterocycles. The number of ether oxygens (including phenoxy) is 1. The standard InChI is InChI=1S/C16H12BrN3O3/c17-12-3-1-2-11(8-12)16-19-15(20-23-16)10-4-6-13(7-5-10)22-9-14(18)21/h1-8H,9H2,(H2,18,21). The molecule has 0 saturated heterocycles. The molecule has 1 heterocycles. The van der Waals surface area contributed by atoms with Gasteiger partial charge in [0.15, 0.2) is 6.61 Å². The minimum Gasteiger partial charge on any atom is -0.484 e. The Labute approximate surface area is 140 Å². The maximum atomic E-state index is 10.7. The second-order valence-electron chi connectivity index (χ2n) is 4.71. The van der Waals surface area contributed by atoms with Gasteiger partial charge in [-0.25, -0.2) is 0 Å². The summed E-state index contributed by atoms with van der Waals surface area (Å²) in [6, 6.07) is 14.6. The second kappa shape index (κ2) is 6.62. The molecule has 116 valence electrons. The summed E-state index contributed by atoms with van der Waals surface area (Å²) in [5.74, 6) is 0.936. The summed E-state index contributed by atoms with van der Waals surface area (Å²) in [7, 11) is 0. The first kappa shape index (κ1) is 15.2. The molecule has 0 saturated carbocycles. The smallest absolute Gasteiger partial charge is 0.258 e. The van der Waals surface area contributed by atoms with Gasteiger partial charge in [0.25, 0.3) is 11.8 Å². The van der Waals surface area contributed by atoms with Gasteiger partial charge < -0.3 is 15.0 Å². The van der Waals surface area contributed by atoms with E-state index in [0.717, 1.165) is 15.6 Å². The first-order valence-corrected chi connectivity index (χ1v) is 7.52. The van der Waals surface area contributed by atoms with Gasteiger partial charge >= 0.3 is 0 Å². The number of aromatic nitrogens is 2. The number of primary amides is 1. The normalized spacial score (nSPS) is 10.5. The lowest BCUT2D eigenvalue weighted by atomic mass is 10.2. The molecule has 1 amide bonds. The van der Waals surface area contributed by atoms with Crippen molar-refractivity contribution < 1.29 is 14.1 Å². The van der Waals surface area contributed by atoms with Crippen LogP contribution in [-0.4, -0.2) is 22.7 Å². The Morgan fingerprint density at radius 1 is 1.17 bits per heavy atom. The van der Waals surface area contributed by atoms with Crippen LogP contribution in [0.15, 0.2) is 57.5 Å². The predicted molar refractivity (Wildman–Crippen MR) is 87.6 cm³/mol. The fraction of sp³-hybridized carbons (Fsp3) is 0.0625. The van der Waals surface area contributed by atoms with Gasteiger partial charge in [0.2, 0.25) is 5.82 Å². The largest absolute Gasteiger partial charge is 0.484 e. The third-order valence-electron chi connectivity index (χ3n) is 2.99. The number of carbonyl (C=O) groups is 1. The fourth-order valence-corrected chi connectivity index (χ4v) is 2.33. The van der Waals surface area contributed by atoms with Crippen LogP contribution in [0.2, 0.25) is 0 Å². The molecule has 3 aromatic rings. The topological polar surface area (TPSA) is 91.2 Å². The first-order valence-electron chi connectivity index (χ1n) is 6.73. The predicted octanol–water partition coefficient (Wildman–Crippen LogP) is 3.03. The monoisotopic (exact) mass is 373 g/mol. The molecular weight excluding hydrogens is 362 g/mol. The Balaban J connectivity index is 1.79. The van der Waals surface area contributed by atoms with E-state index < -0.39 is 5.91 Å². The molecule has 0 aliphatic heterocycles. The highest BCUT2D eigenvalue weighted by atomic mass is 79.9. The minimum atomic E-state index is -0.522. The van der Waals surface area contributed by atoms with Crippen molar-refractivity contribution in [3.63, 3.8) is 0 Å². The number of hydrogen-bond donors (Lipinski definition) is 1. The first-order chi connectivity index (χ1) is 11.1. The molecule has 3 rings (SSSR count). The lowest BCUT2D eigenvalue weighted by Gasteiger charge is -2.03. The molecule has 6 nitrogen and oxygen atoms in total. The highest BCUT2D eigenvalue weighted by molar-refractivity contribution is 9.10. The lowest BCUT2D eigenvalue weighted by Crippen LogP contribution is -2.19. The number of amides is 1. The molecule has 7 heteroatoms. The molecule has 0 bridgehead atoms. The van der Waals surface area contributed by atoms with E-state index in [-0.39, 0.29) is 6.61 Å². The van der Waals surface area contributed by atoms with E-state index in [1.807, 2.05) is 24.3 Å². The summed E-state index contributed by atoms with van der Waals surface area (Å²) in [4.78, 5) is 15.1. The number of hydrogen-bond acceptors (Lipinski definition) is 5. The molecular formula is C16H12BrN3O3. The van der Waals surface area contributed by atoms with Crippen molar-refractivity contribution >= 4 is 21.8 Å². The third kappa shape index (κ3) is 3.75. The zero-order valence-electron chi connectivity index (χ0n) is 11.9. The van der Waals surface area contributed by atoms with Gasteiger partial charge in [0, 0.05) is 15.6 Å². The van der Waals surface area contributed by atoms with Crippen LogP contribution in [0.5, 0.6) is 5.75 Å². The summed E-state index contributed by atoms with van der Waals surface area (Å²) < 4.78 is 11.4. The highest BCUT2D eigenvalue weighted by Gasteiger charge is 2.11. The van der Waals surface area contributed by atoms with Crippen LogP contribution in [-0.2, 0) is 4.79 Å². The zero-order chi connectivity index (χ0) is 16.2. The van der Waals surface area contributed by atoms with E-state index in [4.69, 9.17) is 15.0 Å². The minimum absolute atomic E-state index is 0.158. The van der Waals surface area contributed by atoms with Crippen molar-refractivity contribution in [3.05, 3.63) is 53.0 Å². The van der Waals surface area contributed by atoms with Crippen molar-refractivity contribution in [1.82, 2.24) is 10.1 Å². The molecule has 2 aromatic carbocycles. The van der Waals surface area contributed by atoms with Crippen molar-refractivity contribution in [2.24, 2.45) is 5.73 Å². The molecule has 0 radical (unpaired) electrons. The average molecular weight is 374 g/mol. The van der Waals surface area contributed by atoms with Gasteiger partial charge in [-0.1, -0.05) is 27.2 Å². The average Bonchev–Trinajstić information content (AvgIpc) is 3.03. The highest BCUT2D eigenvalue weighted by Crippen LogP contribution is 2.25. The Kier molecular flexibility index (Phi) is 4.38. The Hall–Kier alpha value is -2.67. The van der Waals surface area contributed by atoms with E-state index >= 15 is 0 Å². The summed E-state index contributed by atoms with van der Waals surface area (Å²) in [5.41, 5.74) is 6.64. The van der Waals surface area contributed by atoms with Crippen LogP contribution in [0.25, 0.3) is 22.8 Å². The van der Waals surface area contributed by atoms with Crippen LogP contribution >= 0.6 is 15.9 Å². The van der Waals surface area contributed by atoms with Crippen LogP contribution < -0.4 is 10.5 Å². The van der Waals surface area contributed by atoms with Crippen LogP contribution in [0, 0.1) is 0 Å². The summed E-state index contributed by atoms with van der Waals surface area (Å²) in [6.45, 7) is -0.158. The maximum absolute atomic E-state index is 10.7. The number of nitrogens with two attached hydrogens (primary N) is 1. The van der Waals surface area contributed by atoms with E-state index in [9.17, 15) is 4.79 Å². The lowest BCUT2D eigenvalue weighted by molar-refractivity contribution is -0.119. The number of nitrogens with zero attached hydrogens (tertiary/aromatic N) is 2. The SMILES string of the molecule is NC(=O)COc1ccc(-c2noc(-c3cccc(Br)c3)n2)cc1. The molecule has 0 aliphatic rings. The molecule has 0 unspecified atom stereocenters. The van der Waals surface area contributed by atoms with Gasteiger partial charge in [-0.15, -0.1) is 0 Å². The van der Waals surface area contributed by atoms with E-state index in [2.05, 4.69) is 26.1 Å². The van der Waals surface area contributed by atoms with Crippen LogP contribution in [0.3, 0.4) is 0 Å². The van der Waals surface area contributed by atoms with Crippen molar-refractivity contribution in [1.29, 1.82) is 0 Å². The van der Waals surface area contributed by atoms with Gasteiger partial charge in [-0.3, -0.25) is 4.79 Å². The second-order valence-corrected chi connectivity index (χ2v) is 5.63. The zero-order valence-corrected chi connectivity index (χ0v) is 13.5. The summed E-state index contributed by atoms with van der Waals surface area (Å²) in [6.07, 6.45) is 0. The number of halogens is 1. The van der Waals surface area contributed by atoms with Crippen LogP contribution in [0.4, 0.5) is 0 Å². The van der Waals surface area contributed by atoms with E-state index in [1.165, 1.54) is 0 Å². The Bertz CT molecular complexity index is 831. The van der Waals surface area contributed by atoms with Gasteiger partial charge in [0.05, 0.1) is 0 Å². The van der Waals surface area contributed by atoms with E-state index in [0.29, 0.717) is 17.5 Å². The van der Waals surface area contributed by atoms with Gasteiger partial charge in [-0.05, 0) is 42.5 Å². The fourth-order valence-electron chi connectivity index (χ4n) is 1.93. The van der Waals surface area contributed by atoms with Gasteiger partial charge in [-0.2, -0.15) is 4.98 Å². The third-order valence-corrected chi connectivity index (χ3v) is 3.48. The molecule has 0 spiro atoms. The van der Waals surface area contributed by atoms with Gasteiger partial charge in [0.1, 0.15) is 5.75 Å². The summed E-state index contributed by atoms with van der Waals surface area (Å²) >= 11 is 3.41. The molecule has 0 fully saturated rings. The number of rotatable bonds is 5. The molecule has 23 heavy (non-hydrogen) atoms. The maximum Gasteiger partial charge on any atom is 0.258 e. The number of carbonyl (C=O) groups excluding carboxylic acids is 1. The van der Waals surface area contributed by atoms with Crippen molar-refractivity contribution in [3.8, 4) is 28.6 Å². The molecule has 0 aliphatic carbocycles. The van der Waals surface area contributed by atoms with Crippen LogP contribution in [0.1, 0.15) is 0 Å². The summed E-state index contributed by atoms with van der Waals surface area (Å²) in [5, 5.41) is 3.98. The van der Waals surface area contributed by atoms with E-state index in [1.54, 1.807) is 24.3 Å². The Morgan fingerprint density at radius 3 is 2.65 bits per heavy atom. The quantitative estimate of drug-likeness (QED) is 0.741. The Morgan fingerprint density at radius 2 is 1.96 bits per heavy atom. The van der Waals surface area contributed by atoms with Crippen molar-refractivity contribution in [2.45, 2.75) is 0 Å². The molecule has 0 atom stereocenters. The number of benzene rings is 2. The van der Waals surface area contributed by atoms with Crippen molar-refractivity contribution in [2.75, 3.05) is 6.61 Å².